The normalized spacial score (nSPS) is 9.40. The van der Waals surface area contributed by atoms with Gasteiger partial charge in [0.05, 0.1) is 7.11 Å². The Morgan fingerprint density at radius 3 is 2.90 bits per heavy atom. The lowest BCUT2D eigenvalue weighted by atomic mass is 10.7. The smallest absolute Gasteiger partial charge is 0.284 e. The lowest BCUT2D eigenvalue weighted by Crippen LogP contribution is -2.43. The Labute approximate surface area is 63.2 Å². The summed E-state index contributed by atoms with van der Waals surface area (Å²) in [4.78, 5) is 3.79. The van der Waals surface area contributed by atoms with Crippen LogP contribution in [0.25, 0.3) is 0 Å². The molecule has 0 radical (unpaired) electrons. The molecule has 4 nitrogen and oxygen atoms in total. The second-order valence-electron chi connectivity index (χ2n) is 1.68. The van der Waals surface area contributed by atoms with Gasteiger partial charge in [0, 0.05) is 0 Å². The SMILES string of the molecule is COc1c[n+](N)cc(Cl)n1. The third-order valence-corrected chi connectivity index (χ3v) is 1.12. The minimum Gasteiger partial charge on any atom is -0.477 e. The van der Waals surface area contributed by atoms with E-state index in [1.807, 2.05) is 0 Å². The number of nitrogens with two attached hydrogens (primary N) is 1. The molecule has 0 saturated carbocycles. The van der Waals surface area contributed by atoms with E-state index in [2.05, 4.69) is 4.98 Å². The molecule has 1 heterocycles. The Morgan fingerprint density at radius 2 is 2.40 bits per heavy atom. The lowest BCUT2D eigenvalue weighted by Gasteiger charge is -1.93. The van der Waals surface area contributed by atoms with E-state index < -0.39 is 0 Å². The largest absolute Gasteiger partial charge is 0.477 e. The zero-order valence-electron chi connectivity index (χ0n) is 5.41. The van der Waals surface area contributed by atoms with Crippen molar-refractivity contribution in [1.82, 2.24) is 4.98 Å². The fourth-order valence-corrected chi connectivity index (χ4v) is 0.745. The average molecular weight is 161 g/mol. The zero-order valence-corrected chi connectivity index (χ0v) is 6.17. The van der Waals surface area contributed by atoms with Crippen LogP contribution in [0.1, 0.15) is 0 Å². The number of hydrogen-bond donors (Lipinski definition) is 1. The molecule has 5 heteroatoms. The molecule has 1 rings (SSSR count). The molecule has 0 aliphatic carbocycles. The number of aromatic nitrogens is 2. The number of halogens is 1. The summed E-state index contributed by atoms with van der Waals surface area (Å²) in [5.74, 6) is 5.75. The maximum Gasteiger partial charge on any atom is 0.284 e. The van der Waals surface area contributed by atoms with Gasteiger partial charge in [-0.25, -0.2) is 5.84 Å². The molecule has 0 fully saturated rings. The molecule has 0 bridgehead atoms. The number of nitrogen functional groups attached to an aromatic ring is 1. The van der Waals surface area contributed by atoms with Crippen molar-refractivity contribution in [1.29, 1.82) is 0 Å². The predicted octanol–water partition coefficient (Wildman–Crippen LogP) is -0.255. The number of nitrogens with zero attached hydrogens (tertiary/aromatic N) is 2. The van der Waals surface area contributed by atoms with Crippen LogP contribution in [0.3, 0.4) is 0 Å². The summed E-state index contributed by atoms with van der Waals surface area (Å²) in [5, 5.41) is 0.307. The van der Waals surface area contributed by atoms with Crippen molar-refractivity contribution >= 4 is 11.6 Å². The molecule has 0 saturated heterocycles. The Bertz CT molecular complexity index is 220. The lowest BCUT2D eigenvalue weighted by molar-refractivity contribution is -0.639. The standard InChI is InChI=1S/C5H7ClN3O/c1-10-5-3-9(7)2-4(6)8-5/h2-3H,1H3,(H2,7,8)/q+1. The summed E-state index contributed by atoms with van der Waals surface area (Å²) in [5.41, 5.74) is 0. The number of methoxy groups -OCH3 is 1. The van der Waals surface area contributed by atoms with E-state index in [0.29, 0.717) is 11.0 Å². The van der Waals surface area contributed by atoms with E-state index >= 15 is 0 Å². The maximum absolute atomic E-state index is 5.54. The van der Waals surface area contributed by atoms with E-state index in [0.717, 1.165) is 0 Å². The molecule has 0 aliphatic rings. The van der Waals surface area contributed by atoms with Crippen LogP contribution in [0.4, 0.5) is 0 Å². The van der Waals surface area contributed by atoms with Crippen LogP contribution in [0, 0.1) is 0 Å². The van der Waals surface area contributed by atoms with Crippen LogP contribution < -0.4 is 15.3 Å². The highest BCUT2D eigenvalue weighted by Crippen LogP contribution is 2.05. The fourth-order valence-electron chi connectivity index (χ4n) is 0.549. The molecule has 0 amide bonds. The Morgan fingerprint density at radius 1 is 1.70 bits per heavy atom. The molecule has 0 atom stereocenters. The van der Waals surface area contributed by atoms with Crippen molar-refractivity contribution in [3.8, 4) is 5.88 Å². The van der Waals surface area contributed by atoms with Crippen molar-refractivity contribution in [3.05, 3.63) is 17.5 Å². The van der Waals surface area contributed by atoms with Gasteiger partial charge in [0.25, 0.3) is 12.1 Å². The molecule has 0 unspecified atom stereocenters. The molecule has 0 aliphatic heterocycles. The monoisotopic (exact) mass is 160 g/mol. The van der Waals surface area contributed by atoms with Crippen molar-refractivity contribution in [3.63, 3.8) is 0 Å². The third kappa shape index (κ3) is 1.48. The van der Waals surface area contributed by atoms with Gasteiger partial charge >= 0.3 is 0 Å². The number of rotatable bonds is 1. The van der Waals surface area contributed by atoms with E-state index in [9.17, 15) is 0 Å². The van der Waals surface area contributed by atoms with Crippen LogP contribution in [-0.2, 0) is 0 Å². The van der Waals surface area contributed by atoms with Gasteiger partial charge in [-0.1, -0.05) is 16.3 Å². The summed E-state index contributed by atoms with van der Waals surface area (Å²) in [6.07, 6.45) is 3.00. The first-order chi connectivity index (χ1) is 4.72. The molecule has 1 aromatic rings. The predicted molar refractivity (Wildman–Crippen MR) is 36.1 cm³/mol. The van der Waals surface area contributed by atoms with Gasteiger partial charge in [-0.05, 0) is 0 Å². The minimum absolute atomic E-state index is 0.307. The second-order valence-corrected chi connectivity index (χ2v) is 2.07. The van der Waals surface area contributed by atoms with Crippen molar-refractivity contribution < 1.29 is 9.41 Å². The fraction of sp³-hybridized carbons (Fsp3) is 0.200. The van der Waals surface area contributed by atoms with Crippen LogP contribution in [0.5, 0.6) is 5.88 Å². The summed E-state index contributed by atoms with van der Waals surface area (Å²) < 4.78 is 6.07. The van der Waals surface area contributed by atoms with Gasteiger partial charge in [-0.2, -0.15) is 4.98 Å². The maximum atomic E-state index is 5.54. The van der Waals surface area contributed by atoms with E-state index in [4.69, 9.17) is 22.2 Å². The molecule has 1 aromatic heterocycles. The van der Waals surface area contributed by atoms with Gasteiger partial charge in [0.2, 0.25) is 6.20 Å². The first-order valence-corrected chi connectivity index (χ1v) is 2.98. The van der Waals surface area contributed by atoms with Crippen molar-refractivity contribution in [2.75, 3.05) is 13.0 Å². The topological polar surface area (TPSA) is 52.0 Å². The quantitative estimate of drug-likeness (QED) is 0.455. The highest BCUT2D eigenvalue weighted by atomic mass is 35.5. The minimum atomic E-state index is 0.307. The van der Waals surface area contributed by atoms with Gasteiger partial charge in [-0.15, -0.1) is 0 Å². The third-order valence-electron chi connectivity index (χ3n) is 0.941. The van der Waals surface area contributed by atoms with E-state index in [1.54, 1.807) is 0 Å². The summed E-state index contributed by atoms with van der Waals surface area (Å²) in [6.45, 7) is 0. The van der Waals surface area contributed by atoms with Crippen LogP contribution in [-0.4, -0.2) is 12.1 Å². The Balaban J connectivity index is 3.06. The summed E-state index contributed by atoms with van der Waals surface area (Å²) in [6, 6.07) is 0. The molecular weight excluding hydrogens is 154 g/mol. The molecule has 10 heavy (non-hydrogen) atoms. The number of ether oxygens (including phenoxy) is 1. The Kier molecular flexibility index (Phi) is 1.91. The zero-order chi connectivity index (χ0) is 7.56. The molecule has 54 valence electrons. The summed E-state index contributed by atoms with van der Waals surface area (Å²) in [7, 11) is 1.50. The van der Waals surface area contributed by atoms with Crippen LogP contribution >= 0.6 is 11.6 Å². The molecule has 2 N–H and O–H groups in total. The highest BCUT2D eigenvalue weighted by Gasteiger charge is 2.03. The molecule has 0 aromatic carbocycles. The van der Waals surface area contributed by atoms with Gasteiger partial charge in [0.1, 0.15) is 0 Å². The first-order valence-electron chi connectivity index (χ1n) is 2.60. The van der Waals surface area contributed by atoms with Gasteiger partial charge < -0.3 is 4.74 Å². The van der Waals surface area contributed by atoms with Crippen molar-refractivity contribution in [2.24, 2.45) is 0 Å². The number of hydrogen-bond acceptors (Lipinski definition) is 3. The van der Waals surface area contributed by atoms with Crippen LogP contribution in [0.15, 0.2) is 12.4 Å². The molecular formula is C5H7ClN3O+. The van der Waals surface area contributed by atoms with Crippen molar-refractivity contribution in [2.45, 2.75) is 0 Å². The van der Waals surface area contributed by atoms with Gasteiger partial charge in [-0.3, -0.25) is 0 Å². The summed E-state index contributed by atoms with van der Waals surface area (Å²) >= 11 is 5.54. The van der Waals surface area contributed by atoms with E-state index in [1.165, 1.54) is 24.2 Å². The molecule has 0 spiro atoms. The Hall–Kier alpha value is -1.03. The highest BCUT2D eigenvalue weighted by molar-refractivity contribution is 6.29. The second kappa shape index (κ2) is 2.70. The average Bonchev–Trinajstić information content (AvgIpc) is 1.85. The van der Waals surface area contributed by atoms with Crippen LogP contribution in [0.2, 0.25) is 5.15 Å². The first kappa shape index (κ1) is 7.08. The van der Waals surface area contributed by atoms with Gasteiger partial charge in [0.15, 0.2) is 5.15 Å². The van der Waals surface area contributed by atoms with E-state index in [-0.39, 0.29) is 0 Å².